The van der Waals surface area contributed by atoms with Gasteiger partial charge in [0.2, 0.25) is 5.91 Å². The molecular formula is C14H20N2O4. The van der Waals surface area contributed by atoms with E-state index in [0.29, 0.717) is 11.4 Å². The van der Waals surface area contributed by atoms with Crippen LogP contribution in [0.2, 0.25) is 0 Å². The molecule has 0 bridgehead atoms. The van der Waals surface area contributed by atoms with Crippen molar-refractivity contribution in [2.45, 2.75) is 33.3 Å². The summed E-state index contributed by atoms with van der Waals surface area (Å²) in [6.45, 7) is 6.55. The minimum absolute atomic E-state index is 0.495. The molecule has 6 nitrogen and oxygen atoms in total. The first-order valence-corrected chi connectivity index (χ1v) is 6.22. The number of aliphatic hydroxyl groups is 1. The Balaban J connectivity index is 2.80. The molecule has 1 aromatic carbocycles. The maximum atomic E-state index is 11.7. The van der Waals surface area contributed by atoms with Gasteiger partial charge >= 0.3 is 6.09 Å². The van der Waals surface area contributed by atoms with Crippen LogP contribution in [0.5, 0.6) is 0 Å². The zero-order valence-electron chi connectivity index (χ0n) is 12.1. The maximum absolute atomic E-state index is 11.7. The molecule has 1 aromatic rings. The first-order valence-electron chi connectivity index (χ1n) is 6.22. The van der Waals surface area contributed by atoms with Crippen molar-refractivity contribution >= 4 is 23.4 Å². The number of carbonyl (C=O) groups is 2. The van der Waals surface area contributed by atoms with Crippen LogP contribution in [0, 0.1) is 6.92 Å². The van der Waals surface area contributed by atoms with Gasteiger partial charge in [-0.05, 0) is 51.5 Å². The molecule has 1 rings (SSSR count). The molecule has 0 spiro atoms. The van der Waals surface area contributed by atoms with E-state index >= 15 is 0 Å². The molecule has 3 N–H and O–H groups in total. The van der Waals surface area contributed by atoms with Crippen LogP contribution < -0.4 is 10.6 Å². The maximum Gasteiger partial charge on any atom is 0.412 e. The van der Waals surface area contributed by atoms with Gasteiger partial charge < -0.3 is 15.2 Å². The van der Waals surface area contributed by atoms with Crippen molar-refractivity contribution < 1.29 is 19.4 Å². The van der Waals surface area contributed by atoms with Gasteiger partial charge in [0.15, 0.2) is 0 Å². The Labute approximate surface area is 118 Å². The first-order chi connectivity index (χ1) is 9.19. The molecule has 0 aliphatic rings. The molecule has 0 unspecified atom stereocenters. The summed E-state index contributed by atoms with van der Waals surface area (Å²) in [5, 5.41) is 13.8. The van der Waals surface area contributed by atoms with E-state index in [2.05, 4.69) is 10.6 Å². The number of aliphatic hydroxyl groups excluding tert-OH is 1. The Hall–Kier alpha value is -2.08. The monoisotopic (exact) mass is 280 g/mol. The Morgan fingerprint density at radius 1 is 1.15 bits per heavy atom. The molecule has 6 heteroatoms. The third kappa shape index (κ3) is 5.71. The third-order valence-corrected chi connectivity index (χ3v) is 2.15. The van der Waals surface area contributed by atoms with Gasteiger partial charge in [-0.3, -0.25) is 10.1 Å². The Morgan fingerprint density at radius 3 is 2.20 bits per heavy atom. The van der Waals surface area contributed by atoms with Crippen LogP contribution in [0.25, 0.3) is 0 Å². The fraction of sp³-hybridized carbons (Fsp3) is 0.429. The third-order valence-electron chi connectivity index (χ3n) is 2.15. The largest absolute Gasteiger partial charge is 0.444 e. The Morgan fingerprint density at radius 2 is 1.70 bits per heavy atom. The van der Waals surface area contributed by atoms with Gasteiger partial charge in [-0.15, -0.1) is 0 Å². The van der Waals surface area contributed by atoms with Crippen molar-refractivity contribution in [3.8, 4) is 0 Å². The quantitative estimate of drug-likeness (QED) is 0.792. The number of hydrogen-bond acceptors (Lipinski definition) is 4. The van der Waals surface area contributed by atoms with Crippen molar-refractivity contribution in [2.75, 3.05) is 17.2 Å². The summed E-state index contributed by atoms with van der Waals surface area (Å²) in [6, 6.07) is 5.07. The van der Waals surface area contributed by atoms with E-state index in [9.17, 15) is 9.59 Å². The minimum Gasteiger partial charge on any atom is -0.444 e. The number of aryl methyl sites for hydroxylation is 1. The van der Waals surface area contributed by atoms with Crippen LogP contribution in [0.1, 0.15) is 26.3 Å². The van der Waals surface area contributed by atoms with Gasteiger partial charge in [-0.2, -0.15) is 0 Å². The lowest BCUT2D eigenvalue weighted by atomic mass is 10.2. The summed E-state index contributed by atoms with van der Waals surface area (Å²) in [7, 11) is 0. The van der Waals surface area contributed by atoms with Crippen molar-refractivity contribution in [2.24, 2.45) is 0 Å². The summed E-state index contributed by atoms with van der Waals surface area (Å²) < 4.78 is 5.15. The predicted octanol–water partition coefficient (Wildman–Crippen LogP) is 2.27. The Bertz CT molecular complexity index is 506. The second-order valence-corrected chi connectivity index (χ2v) is 5.42. The highest BCUT2D eigenvalue weighted by Gasteiger charge is 2.16. The van der Waals surface area contributed by atoms with Gasteiger partial charge in [0.25, 0.3) is 0 Å². The predicted molar refractivity (Wildman–Crippen MR) is 76.8 cm³/mol. The van der Waals surface area contributed by atoms with E-state index in [1.165, 1.54) is 0 Å². The van der Waals surface area contributed by atoms with Crippen LogP contribution in [0.4, 0.5) is 16.2 Å². The van der Waals surface area contributed by atoms with Gasteiger partial charge in [0.1, 0.15) is 12.2 Å². The van der Waals surface area contributed by atoms with E-state index in [4.69, 9.17) is 9.84 Å². The topological polar surface area (TPSA) is 87.7 Å². The standard InChI is InChI=1S/C14H20N2O4/c1-9-5-10(15-12(18)8-17)7-11(6-9)16-13(19)20-14(2,3)4/h5-7,17H,8H2,1-4H3,(H,15,18)(H,16,19). The number of benzene rings is 1. The van der Waals surface area contributed by atoms with Crippen LogP contribution >= 0.6 is 0 Å². The normalized spacial score (nSPS) is 10.8. The van der Waals surface area contributed by atoms with Crippen molar-refractivity contribution in [1.29, 1.82) is 0 Å². The van der Waals surface area contributed by atoms with Crippen molar-refractivity contribution in [1.82, 2.24) is 0 Å². The number of nitrogens with one attached hydrogen (secondary N) is 2. The summed E-state index contributed by atoms with van der Waals surface area (Å²) >= 11 is 0. The van der Waals surface area contributed by atoms with E-state index in [0.717, 1.165) is 5.56 Å². The lowest BCUT2D eigenvalue weighted by Crippen LogP contribution is -2.27. The van der Waals surface area contributed by atoms with E-state index in [1.807, 2.05) is 6.92 Å². The van der Waals surface area contributed by atoms with Gasteiger partial charge in [-0.25, -0.2) is 4.79 Å². The van der Waals surface area contributed by atoms with Crippen LogP contribution in [-0.2, 0) is 9.53 Å². The molecule has 0 aliphatic heterocycles. The Kier molecular flexibility index (Phi) is 5.10. The van der Waals surface area contributed by atoms with Gasteiger partial charge in [0.05, 0.1) is 0 Å². The van der Waals surface area contributed by atoms with Crippen LogP contribution in [-0.4, -0.2) is 29.3 Å². The molecule has 0 saturated heterocycles. The van der Waals surface area contributed by atoms with E-state index in [-0.39, 0.29) is 0 Å². The smallest absolute Gasteiger partial charge is 0.412 e. The van der Waals surface area contributed by atoms with E-state index < -0.39 is 24.2 Å². The lowest BCUT2D eigenvalue weighted by molar-refractivity contribution is -0.118. The minimum atomic E-state index is -0.594. The zero-order valence-corrected chi connectivity index (χ0v) is 12.1. The summed E-state index contributed by atoms with van der Waals surface area (Å²) in [4.78, 5) is 22.8. The van der Waals surface area contributed by atoms with Gasteiger partial charge in [-0.1, -0.05) is 0 Å². The molecule has 0 heterocycles. The lowest BCUT2D eigenvalue weighted by Gasteiger charge is -2.20. The second-order valence-electron chi connectivity index (χ2n) is 5.42. The average Bonchev–Trinajstić information content (AvgIpc) is 2.24. The van der Waals surface area contributed by atoms with Crippen molar-refractivity contribution in [3.63, 3.8) is 0 Å². The highest BCUT2D eigenvalue weighted by Crippen LogP contribution is 2.19. The number of anilines is 2. The number of hydrogen-bond donors (Lipinski definition) is 3. The molecule has 0 atom stereocenters. The second kappa shape index (κ2) is 6.38. The summed E-state index contributed by atoms with van der Waals surface area (Å²) in [5.74, 6) is -0.515. The molecule has 0 aliphatic carbocycles. The molecular weight excluding hydrogens is 260 g/mol. The SMILES string of the molecule is Cc1cc(NC(=O)CO)cc(NC(=O)OC(C)(C)C)c1. The molecule has 2 amide bonds. The summed E-state index contributed by atoms with van der Waals surface area (Å²) in [6.07, 6.45) is -0.567. The van der Waals surface area contributed by atoms with Crippen LogP contribution in [0.3, 0.4) is 0 Å². The van der Waals surface area contributed by atoms with Gasteiger partial charge in [0, 0.05) is 11.4 Å². The number of rotatable bonds is 3. The van der Waals surface area contributed by atoms with Crippen molar-refractivity contribution in [3.05, 3.63) is 23.8 Å². The zero-order chi connectivity index (χ0) is 15.3. The fourth-order valence-electron chi connectivity index (χ4n) is 1.55. The number of ether oxygens (including phenoxy) is 1. The fourth-order valence-corrected chi connectivity index (χ4v) is 1.55. The molecule has 0 radical (unpaired) electrons. The molecule has 0 fully saturated rings. The molecule has 20 heavy (non-hydrogen) atoms. The van der Waals surface area contributed by atoms with Crippen LogP contribution in [0.15, 0.2) is 18.2 Å². The van der Waals surface area contributed by atoms with E-state index in [1.54, 1.807) is 39.0 Å². The molecule has 0 aromatic heterocycles. The summed E-state index contributed by atoms with van der Waals surface area (Å²) in [5.41, 5.74) is 1.27. The number of carbonyl (C=O) groups excluding carboxylic acids is 2. The highest BCUT2D eigenvalue weighted by molar-refractivity contribution is 5.93. The first kappa shape index (κ1) is 16.0. The average molecular weight is 280 g/mol. The highest BCUT2D eigenvalue weighted by atomic mass is 16.6. The molecule has 0 saturated carbocycles. The number of amides is 2. The molecule has 110 valence electrons.